The molecule has 7 nitrogen and oxygen atoms in total. The second-order valence-corrected chi connectivity index (χ2v) is 7.25. The zero-order valence-corrected chi connectivity index (χ0v) is 16.9. The Morgan fingerprint density at radius 1 is 1.12 bits per heavy atom. The zero-order valence-electron chi connectivity index (χ0n) is 16.9. The quantitative estimate of drug-likeness (QED) is 0.641. The van der Waals surface area contributed by atoms with Crippen molar-refractivity contribution >= 4 is 5.91 Å². The van der Waals surface area contributed by atoms with E-state index in [9.17, 15) is 22.8 Å². The minimum absolute atomic E-state index is 0.0463. The van der Waals surface area contributed by atoms with Gasteiger partial charge in [-0.2, -0.15) is 23.0 Å². The van der Waals surface area contributed by atoms with E-state index in [0.29, 0.717) is 0 Å². The smallest absolute Gasteiger partial charge is 0.393 e. The number of aliphatic hydroxyl groups excluding tert-OH is 1. The molecular formula is C22H21F3N4O3. The fraction of sp³-hybridized carbons (Fsp3) is 0.273. The van der Waals surface area contributed by atoms with Gasteiger partial charge in [0, 0.05) is 11.8 Å². The first-order valence-electron chi connectivity index (χ1n) is 9.87. The van der Waals surface area contributed by atoms with E-state index in [1.807, 2.05) is 0 Å². The van der Waals surface area contributed by atoms with Gasteiger partial charge in [-0.05, 0) is 43.2 Å². The summed E-state index contributed by atoms with van der Waals surface area (Å²) in [6, 6.07) is 8.45. The van der Waals surface area contributed by atoms with Gasteiger partial charge in [-0.15, -0.1) is 0 Å². The molecule has 2 aromatic heterocycles. The summed E-state index contributed by atoms with van der Waals surface area (Å²) in [5.74, 6) is -0.969. The predicted molar refractivity (Wildman–Crippen MR) is 111 cm³/mol. The number of pyridine rings is 1. The number of benzene rings is 1. The highest BCUT2D eigenvalue weighted by Gasteiger charge is 2.30. The Balaban J connectivity index is 0.000000416. The van der Waals surface area contributed by atoms with Crippen LogP contribution in [0.5, 0.6) is 0 Å². The number of aliphatic hydroxyl groups is 1. The summed E-state index contributed by atoms with van der Waals surface area (Å²) in [5, 5.41) is 12.9. The summed E-state index contributed by atoms with van der Waals surface area (Å²) in [5.41, 5.74) is 4.04. The monoisotopic (exact) mass is 446 g/mol. The van der Waals surface area contributed by atoms with Gasteiger partial charge in [0.1, 0.15) is 5.56 Å². The Labute approximate surface area is 181 Å². The third kappa shape index (κ3) is 5.58. The lowest BCUT2D eigenvalue weighted by atomic mass is 10.1. The van der Waals surface area contributed by atoms with Gasteiger partial charge >= 0.3 is 6.18 Å². The van der Waals surface area contributed by atoms with Crippen molar-refractivity contribution in [1.82, 2.24) is 14.8 Å². The number of carbonyl (C=O) groups is 1. The molecule has 0 spiro atoms. The van der Waals surface area contributed by atoms with Crippen molar-refractivity contribution in [3.05, 3.63) is 76.3 Å². The molecule has 1 amide bonds. The van der Waals surface area contributed by atoms with E-state index in [2.05, 4.69) is 10.1 Å². The molecule has 4 rings (SSSR count). The molecule has 168 valence electrons. The van der Waals surface area contributed by atoms with Gasteiger partial charge in [0.05, 0.1) is 29.2 Å². The maximum absolute atomic E-state index is 12.7. The number of nitrogens with zero attached hydrogens (tertiary/aromatic N) is 3. The average Bonchev–Trinajstić information content (AvgIpc) is 3.25. The number of nitrogens with two attached hydrogens (primary N) is 1. The van der Waals surface area contributed by atoms with Crippen molar-refractivity contribution in [2.45, 2.75) is 38.0 Å². The molecule has 1 aromatic carbocycles. The summed E-state index contributed by atoms with van der Waals surface area (Å²) < 4.78 is 39.0. The molecule has 0 atom stereocenters. The first-order valence-corrected chi connectivity index (χ1v) is 9.87. The van der Waals surface area contributed by atoms with Crippen LogP contribution >= 0.6 is 0 Å². The molecular weight excluding hydrogens is 425 g/mol. The van der Waals surface area contributed by atoms with Crippen LogP contribution in [0.15, 0.2) is 59.7 Å². The molecule has 1 aliphatic carbocycles. The fourth-order valence-corrected chi connectivity index (χ4v) is 3.20. The number of hydrogen-bond donors (Lipinski definition) is 2. The van der Waals surface area contributed by atoms with E-state index in [0.717, 1.165) is 35.7 Å². The molecule has 3 N–H and O–H groups in total. The number of primary amides is 1. The number of carbonyl (C=O) groups excluding carboxylic acids is 1. The summed E-state index contributed by atoms with van der Waals surface area (Å²) in [7, 11) is 0. The van der Waals surface area contributed by atoms with Crippen LogP contribution in [0.2, 0.25) is 0 Å². The normalized spacial score (nSPS) is 14.0. The molecule has 1 aliphatic rings. The fourth-order valence-electron chi connectivity index (χ4n) is 3.20. The minimum Gasteiger partial charge on any atom is -0.393 e. The molecule has 10 heteroatoms. The van der Waals surface area contributed by atoms with E-state index in [1.54, 1.807) is 12.1 Å². The van der Waals surface area contributed by atoms with Crippen LogP contribution < -0.4 is 11.3 Å². The van der Waals surface area contributed by atoms with Crippen molar-refractivity contribution in [3.63, 3.8) is 0 Å². The van der Waals surface area contributed by atoms with Crippen LogP contribution in [0.25, 0.3) is 16.9 Å². The number of aromatic nitrogens is 3. The van der Waals surface area contributed by atoms with Gasteiger partial charge in [0.2, 0.25) is 0 Å². The summed E-state index contributed by atoms with van der Waals surface area (Å²) in [4.78, 5) is 27.9. The van der Waals surface area contributed by atoms with Gasteiger partial charge in [-0.25, -0.2) is 0 Å². The summed E-state index contributed by atoms with van der Waals surface area (Å²) >= 11 is 0. The Hall–Kier alpha value is -3.53. The third-order valence-electron chi connectivity index (χ3n) is 4.90. The Bertz CT molecular complexity index is 1120. The van der Waals surface area contributed by atoms with Crippen LogP contribution in [-0.2, 0) is 6.18 Å². The van der Waals surface area contributed by atoms with Crippen molar-refractivity contribution in [3.8, 4) is 16.9 Å². The second-order valence-electron chi connectivity index (χ2n) is 7.25. The van der Waals surface area contributed by atoms with Gasteiger partial charge < -0.3 is 10.8 Å². The van der Waals surface area contributed by atoms with Crippen molar-refractivity contribution in [2.75, 3.05) is 0 Å². The third-order valence-corrected chi connectivity index (χ3v) is 4.90. The van der Waals surface area contributed by atoms with Crippen LogP contribution in [0.4, 0.5) is 13.2 Å². The summed E-state index contributed by atoms with van der Waals surface area (Å²) in [6.07, 6.45) is 2.98. The zero-order chi connectivity index (χ0) is 23.3. The molecule has 0 aliphatic heterocycles. The van der Waals surface area contributed by atoms with Crippen molar-refractivity contribution in [2.24, 2.45) is 5.73 Å². The second kappa shape index (κ2) is 9.73. The molecule has 32 heavy (non-hydrogen) atoms. The lowest BCUT2D eigenvalue weighted by molar-refractivity contribution is -0.137. The first kappa shape index (κ1) is 23.1. The van der Waals surface area contributed by atoms with E-state index in [1.165, 1.54) is 37.4 Å². The molecule has 0 bridgehead atoms. The molecule has 0 saturated heterocycles. The van der Waals surface area contributed by atoms with Crippen molar-refractivity contribution < 1.29 is 23.1 Å². The number of halogens is 3. The van der Waals surface area contributed by atoms with E-state index >= 15 is 0 Å². The van der Waals surface area contributed by atoms with Gasteiger partial charge in [-0.1, -0.05) is 25.0 Å². The highest BCUT2D eigenvalue weighted by Crippen LogP contribution is 2.30. The Morgan fingerprint density at radius 3 is 2.25 bits per heavy atom. The lowest BCUT2D eigenvalue weighted by Crippen LogP contribution is -2.30. The van der Waals surface area contributed by atoms with E-state index < -0.39 is 23.2 Å². The minimum atomic E-state index is -4.47. The van der Waals surface area contributed by atoms with Crippen LogP contribution in [-0.4, -0.2) is 31.9 Å². The maximum Gasteiger partial charge on any atom is 0.416 e. The Morgan fingerprint density at radius 2 is 1.78 bits per heavy atom. The number of rotatable bonds is 3. The highest BCUT2D eigenvalue weighted by atomic mass is 19.4. The number of amides is 1. The summed E-state index contributed by atoms with van der Waals surface area (Å²) in [6.45, 7) is 0. The van der Waals surface area contributed by atoms with Crippen LogP contribution in [0.1, 0.15) is 41.6 Å². The molecule has 3 aromatic rings. The highest BCUT2D eigenvalue weighted by molar-refractivity contribution is 5.93. The molecule has 1 fully saturated rings. The van der Waals surface area contributed by atoms with Gasteiger partial charge in [0.25, 0.3) is 11.5 Å². The first-order chi connectivity index (χ1) is 15.2. The van der Waals surface area contributed by atoms with E-state index in [4.69, 9.17) is 10.8 Å². The SMILES string of the molecule is NC(=O)c1cc(-c2ccc(C(F)(F)F)cc2)nn(-c2cccnc2)c1=O.OC1CCCC1. The standard InChI is InChI=1S/C17H11F3N4O2.C5H10O/c18-17(19,20)11-5-3-10(4-6-11)14-8-13(15(21)25)16(26)24(23-14)12-2-1-7-22-9-12;6-5-3-1-2-4-5/h1-9H,(H2,21,25);5-6H,1-4H2. The van der Waals surface area contributed by atoms with Gasteiger partial charge in [0.15, 0.2) is 0 Å². The molecule has 1 saturated carbocycles. The molecule has 0 unspecified atom stereocenters. The Kier molecular flexibility index (Phi) is 7.04. The number of hydrogen-bond acceptors (Lipinski definition) is 5. The van der Waals surface area contributed by atoms with Crippen LogP contribution in [0.3, 0.4) is 0 Å². The maximum atomic E-state index is 12.7. The average molecular weight is 446 g/mol. The lowest BCUT2D eigenvalue weighted by Gasteiger charge is -2.10. The van der Waals surface area contributed by atoms with E-state index in [-0.39, 0.29) is 28.6 Å². The van der Waals surface area contributed by atoms with Crippen molar-refractivity contribution in [1.29, 1.82) is 0 Å². The topological polar surface area (TPSA) is 111 Å². The van der Waals surface area contributed by atoms with Gasteiger partial charge in [-0.3, -0.25) is 14.6 Å². The van der Waals surface area contributed by atoms with Crippen LogP contribution in [0, 0.1) is 0 Å². The molecule has 2 heterocycles. The molecule has 0 radical (unpaired) electrons. The largest absolute Gasteiger partial charge is 0.416 e. The number of alkyl halides is 3. The predicted octanol–water partition coefficient (Wildman–Crippen LogP) is 3.33.